The lowest BCUT2D eigenvalue weighted by Crippen LogP contribution is -2.38. The number of carbonyl (C=O) groups excluding carboxylic acids is 1. The van der Waals surface area contributed by atoms with E-state index in [0.717, 1.165) is 22.2 Å². The Morgan fingerprint density at radius 1 is 0.970 bits per heavy atom. The van der Waals surface area contributed by atoms with Gasteiger partial charge in [0.15, 0.2) is 0 Å². The highest BCUT2D eigenvalue weighted by molar-refractivity contribution is 5.94. The molecule has 0 radical (unpaired) electrons. The summed E-state index contributed by atoms with van der Waals surface area (Å²) in [5, 5.41) is 0.409. The summed E-state index contributed by atoms with van der Waals surface area (Å²) in [7, 11) is 1.49. The normalized spacial score (nSPS) is 15.8. The van der Waals surface area contributed by atoms with Crippen molar-refractivity contribution in [2.75, 3.05) is 13.1 Å². The minimum absolute atomic E-state index is 0.00810. The van der Waals surface area contributed by atoms with Crippen LogP contribution in [0.5, 0.6) is 0 Å². The molecule has 33 heavy (non-hydrogen) atoms. The standard InChI is InChI=1S/C26H24N4O3/c1-28-25(32)21-12-13-22(20-14-15-29(17-20)24(31)19-10-6-3-7-11-19)27-23(21)30(26(28)33)16-18-8-4-2-5-9-18/h2-13,20H,14-17H2,1H3/t20-/m0/s1. The van der Waals surface area contributed by atoms with Gasteiger partial charge in [0.05, 0.1) is 11.9 Å². The summed E-state index contributed by atoms with van der Waals surface area (Å²) in [6.07, 6.45) is 0.783. The van der Waals surface area contributed by atoms with Gasteiger partial charge in [-0.25, -0.2) is 9.78 Å². The average Bonchev–Trinajstić information content (AvgIpc) is 3.36. The molecule has 5 rings (SSSR count). The Balaban J connectivity index is 1.51. The third kappa shape index (κ3) is 3.86. The van der Waals surface area contributed by atoms with E-state index in [2.05, 4.69) is 0 Å². The molecule has 4 aromatic rings. The molecular weight excluding hydrogens is 416 g/mol. The Hall–Kier alpha value is -4.00. The highest BCUT2D eigenvalue weighted by atomic mass is 16.2. The van der Waals surface area contributed by atoms with Crippen molar-refractivity contribution in [3.63, 3.8) is 0 Å². The van der Waals surface area contributed by atoms with Crippen molar-refractivity contribution in [3.05, 3.63) is 110 Å². The number of hydrogen-bond donors (Lipinski definition) is 0. The molecule has 0 spiro atoms. The second kappa shape index (κ2) is 8.50. The van der Waals surface area contributed by atoms with Crippen LogP contribution < -0.4 is 11.2 Å². The van der Waals surface area contributed by atoms with Gasteiger partial charge in [-0.1, -0.05) is 48.5 Å². The molecule has 1 amide bonds. The molecule has 0 bridgehead atoms. The van der Waals surface area contributed by atoms with E-state index in [-0.39, 0.29) is 17.4 Å². The maximum Gasteiger partial charge on any atom is 0.332 e. The van der Waals surface area contributed by atoms with Gasteiger partial charge in [-0.2, -0.15) is 0 Å². The van der Waals surface area contributed by atoms with Crippen molar-refractivity contribution in [3.8, 4) is 0 Å². The van der Waals surface area contributed by atoms with Crippen LogP contribution in [0.2, 0.25) is 0 Å². The average molecular weight is 441 g/mol. The first-order chi connectivity index (χ1) is 16.0. The lowest BCUT2D eigenvalue weighted by Gasteiger charge is -2.17. The summed E-state index contributed by atoms with van der Waals surface area (Å²) in [4.78, 5) is 45.2. The molecule has 0 N–H and O–H groups in total. The van der Waals surface area contributed by atoms with Gasteiger partial charge in [-0.3, -0.25) is 18.7 Å². The van der Waals surface area contributed by atoms with E-state index in [1.807, 2.05) is 71.6 Å². The molecule has 7 heteroatoms. The fourth-order valence-corrected chi connectivity index (χ4v) is 4.46. The van der Waals surface area contributed by atoms with Gasteiger partial charge in [0.25, 0.3) is 11.5 Å². The molecule has 1 aliphatic heterocycles. The Morgan fingerprint density at radius 3 is 2.39 bits per heavy atom. The zero-order valence-electron chi connectivity index (χ0n) is 18.3. The van der Waals surface area contributed by atoms with Crippen LogP contribution in [0, 0.1) is 0 Å². The quantitative estimate of drug-likeness (QED) is 0.489. The summed E-state index contributed by atoms with van der Waals surface area (Å²) >= 11 is 0. The van der Waals surface area contributed by atoms with Crippen molar-refractivity contribution >= 4 is 16.9 Å². The lowest BCUT2D eigenvalue weighted by molar-refractivity contribution is 0.0790. The molecule has 3 heterocycles. The van der Waals surface area contributed by atoms with Crippen LogP contribution in [0.3, 0.4) is 0 Å². The molecule has 1 aliphatic rings. The number of amides is 1. The van der Waals surface area contributed by atoms with Gasteiger partial charge in [0, 0.05) is 37.3 Å². The van der Waals surface area contributed by atoms with Gasteiger partial charge in [0.2, 0.25) is 0 Å². The van der Waals surface area contributed by atoms with Gasteiger partial charge < -0.3 is 4.90 Å². The van der Waals surface area contributed by atoms with Crippen LogP contribution in [0.4, 0.5) is 0 Å². The second-order valence-corrected chi connectivity index (χ2v) is 8.43. The molecule has 0 aliphatic carbocycles. The number of aromatic nitrogens is 3. The smallest absolute Gasteiger partial charge is 0.332 e. The van der Waals surface area contributed by atoms with Gasteiger partial charge in [0.1, 0.15) is 5.65 Å². The van der Waals surface area contributed by atoms with Crippen molar-refractivity contribution in [1.82, 2.24) is 19.0 Å². The first kappa shape index (κ1) is 20.9. The number of fused-ring (bicyclic) bond motifs is 1. The monoisotopic (exact) mass is 440 g/mol. The molecule has 2 aromatic heterocycles. The Kier molecular flexibility index (Phi) is 5.38. The van der Waals surface area contributed by atoms with Gasteiger partial charge in [-0.05, 0) is 36.2 Å². The fourth-order valence-electron chi connectivity index (χ4n) is 4.46. The molecule has 1 saturated heterocycles. The van der Waals surface area contributed by atoms with Crippen LogP contribution in [0.1, 0.15) is 34.0 Å². The lowest BCUT2D eigenvalue weighted by atomic mass is 10.0. The first-order valence-corrected chi connectivity index (χ1v) is 11.0. The number of pyridine rings is 1. The minimum atomic E-state index is -0.395. The maximum absolute atomic E-state index is 13.0. The molecule has 7 nitrogen and oxygen atoms in total. The summed E-state index contributed by atoms with van der Waals surface area (Å²) in [6.45, 7) is 1.52. The number of carbonyl (C=O) groups is 1. The van der Waals surface area contributed by atoms with Crippen LogP contribution in [-0.2, 0) is 13.6 Å². The summed E-state index contributed by atoms with van der Waals surface area (Å²) in [5.74, 6) is 0.0557. The third-order valence-electron chi connectivity index (χ3n) is 6.30. The largest absolute Gasteiger partial charge is 0.338 e. The number of nitrogens with zero attached hydrogens (tertiary/aromatic N) is 4. The van der Waals surface area contributed by atoms with Crippen LogP contribution in [0.25, 0.3) is 11.0 Å². The van der Waals surface area contributed by atoms with Crippen molar-refractivity contribution < 1.29 is 4.79 Å². The van der Waals surface area contributed by atoms with E-state index in [4.69, 9.17) is 4.98 Å². The number of benzene rings is 2. The van der Waals surface area contributed by atoms with Crippen molar-refractivity contribution in [2.24, 2.45) is 7.05 Å². The van der Waals surface area contributed by atoms with E-state index in [0.29, 0.717) is 36.2 Å². The summed E-state index contributed by atoms with van der Waals surface area (Å²) in [5.41, 5.74) is 2.05. The zero-order chi connectivity index (χ0) is 22.9. The molecule has 2 aromatic carbocycles. The summed E-state index contributed by atoms with van der Waals surface area (Å²) < 4.78 is 2.68. The molecule has 1 atom stereocenters. The van der Waals surface area contributed by atoms with E-state index < -0.39 is 5.69 Å². The predicted molar refractivity (Wildman–Crippen MR) is 126 cm³/mol. The predicted octanol–water partition coefficient (Wildman–Crippen LogP) is 2.77. The molecule has 1 fully saturated rings. The fraction of sp³-hybridized carbons (Fsp3) is 0.231. The third-order valence-corrected chi connectivity index (χ3v) is 6.30. The van der Waals surface area contributed by atoms with E-state index in [1.165, 1.54) is 7.05 Å². The molecule has 0 saturated carbocycles. The van der Waals surface area contributed by atoms with Crippen LogP contribution in [-0.4, -0.2) is 38.0 Å². The van der Waals surface area contributed by atoms with E-state index in [1.54, 1.807) is 10.6 Å². The molecule has 0 unspecified atom stereocenters. The van der Waals surface area contributed by atoms with Crippen molar-refractivity contribution in [2.45, 2.75) is 18.9 Å². The van der Waals surface area contributed by atoms with Crippen molar-refractivity contribution in [1.29, 1.82) is 0 Å². The van der Waals surface area contributed by atoms with E-state index >= 15 is 0 Å². The maximum atomic E-state index is 13.0. The molecule has 166 valence electrons. The number of hydrogen-bond acceptors (Lipinski definition) is 4. The first-order valence-electron chi connectivity index (χ1n) is 11.0. The SMILES string of the molecule is Cn1c(=O)c2ccc([C@H]3CCN(C(=O)c4ccccc4)C3)nc2n(Cc2ccccc2)c1=O. The number of rotatable bonds is 4. The Bertz CT molecular complexity index is 1440. The topological polar surface area (TPSA) is 77.2 Å². The molecular formula is C26H24N4O3. The summed E-state index contributed by atoms with van der Waals surface area (Å²) in [6, 6.07) is 22.5. The number of likely N-dealkylation sites (tertiary alicyclic amines) is 1. The Morgan fingerprint density at radius 2 is 1.67 bits per heavy atom. The van der Waals surface area contributed by atoms with Gasteiger partial charge >= 0.3 is 5.69 Å². The Labute approximate surface area is 190 Å². The van der Waals surface area contributed by atoms with Crippen LogP contribution >= 0.6 is 0 Å². The van der Waals surface area contributed by atoms with Gasteiger partial charge in [-0.15, -0.1) is 0 Å². The highest BCUT2D eigenvalue weighted by Crippen LogP contribution is 2.28. The zero-order valence-corrected chi connectivity index (χ0v) is 18.3. The highest BCUT2D eigenvalue weighted by Gasteiger charge is 2.29. The second-order valence-electron chi connectivity index (χ2n) is 8.43. The van der Waals surface area contributed by atoms with Crippen LogP contribution in [0.15, 0.2) is 82.4 Å². The van der Waals surface area contributed by atoms with E-state index in [9.17, 15) is 14.4 Å². The minimum Gasteiger partial charge on any atom is -0.338 e.